The predicted octanol–water partition coefficient (Wildman–Crippen LogP) is 5.21. The molecule has 0 saturated carbocycles. The Morgan fingerprint density at radius 1 is 1.15 bits per heavy atom. The van der Waals surface area contributed by atoms with Crippen LogP contribution in [0.5, 0.6) is 0 Å². The number of nitrogens with zero attached hydrogens (tertiary/aromatic N) is 2. The van der Waals surface area contributed by atoms with E-state index in [1.165, 1.54) is 28.8 Å². The number of halogens is 1. The number of para-hydroxylation sites is 1. The van der Waals surface area contributed by atoms with E-state index < -0.39 is 4.92 Å². The molecule has 0 radical (unpaired) electrons. The predicted molar refractivity (Wildman–Crippen MR) is 109 cm³/mol. The molecule has 0 aliphatic carbocycles. The standard InChI is InChI=1S/C18H11ClN2O3S2/c19-14-5-1-2-6-15(14)20-17(22)16(26-18(20)25)7-3-4-12-8-10-13(11-9-12)21(23)24/h1-11H/b4-3+,16-7+. The summed E-state index contributed by atoms with van der Waals surface area (Å²) in [7, 11) is 0. The third kappa shape index (κ3) is 3.85. The van der Waals surface area contributed by atoms with Crippen molar-refractivity contribution in [2.75, 3.05) is 4.90 Å². The van der Waals surface area contributed by atoms with Gasteiger partial charge in [0, 0.05) is 12.1 Å². The highest BCUT2D eigenvalue weighted by Crippen LogP contribution is 2.37. The molecule has 0 aromatic heterocycles. The van der Waals surface area contributed by atoms with Gasteiger partial charge in [0.1, 0.15) is 0 Å². The van der Waals surface area contributed by atoms with Gasteiger partial charge in [-0.2, -0.15) is 0 Å². The highest BCUT2D eigenvalue weighted by Gasteiger charge is 2.33. The van der Waals surface area contributed by atoms with Gasteiger partial charge < -0.3 is 0 Å². The molecule has 0 unspecified atom stereocenters. The van der Waals surface area contributed by atoms with E-state index in [-0.39, 0.29) is 11.6 Å². The van der Waals surface area contributed by atoms with Gasteiger partial charge in [-0.05, 0) is 35.9 Å². The summed E-state index contributed by atoms with van der Waals surface area (Å²) in [6, 6.07) is 13.1. The monoisotopic (exact) mass is 402 g/mol. The third-order valence-corrected chi connectivity index (χ3v) is 5.17. The first kappa shape index (κ1) is 18.3. The van der Waals surface area contributed by atoms with Crippen LogP contribution in [-0.4, -0.2) is 15.2 Å². The number of thiocarbonyl (C=S) groups is 1. The Bertz CT molecular complexity index is 955. The van der Waals surface area contributed by atoms with Crippen molar-refractivity contribution in [3.63, 3.8) is 0 Å². The van der Waals surface area contributed by atoms with E-state index in [4.69, 9.17) is 23.8 Å². The summed E-state index contributed by atoms with van der Waals surface area (Å²) in [6.07, 6.45) is 5.13. The summed E-state index contributed by atoms with van der Waals surface area (Å²) in [5, 5.41) is 11.1. The van der Waals surface area contributed by atoms with Crippen molar-refractivity contribution >= 4 is 63.3 Å². The number of carbonyl (C=O) groups is 1. The van der Waals surface area contributed by atoms with E-state index in [0.717, 1.165) is 5.56 Å². The molecular weight excluding hydrogens is 392 g/mol. The van der Waals surface area contributed by atoms with Crippen molar-refractivity contribution in [1.29, 1.82) is 0 Å². The normalized spacial score (nSPS) is 16.0. The fraction of sp³-hybridized carbons (Fsp3) is 0. The first-order chi connectivity index (χ1) is 12.5. The van der Waals surface area contributed by atoms with Gasteiger partial charge in [0.15, 0.2) is 4.32 Å². The Morgan fingerprint density at radius 2 is 1.85 bits per heavy atom. The molecule has 0 N–H and O–H groups in total. The summed E-state index contributed by atoms with van der Waals surface area (Å²) < 4.78 is 0.415. The number of anilines is 1. The van der Waals surface area contributed by atoms with Crippen molar-refractivity contribution in [3.05, 3.63) is 86.3 Å². The topological polar surface area (TPSA) is 63.4 Å². The smallest absolute Gasteiger partial charge is 0.268 e. The van der Waals surface area contributed by atoms with E-state index >= 15 is 0 Å². The third-order valence-electron chi connectivity index (χ3n) is 3.53. The summed E-state index contributed by atoms with van der Waals surface area (Å²) in [4.78, 5) is 24.7. The van der Waals surface area contributed by atoms with Gasteiger partial charge in [-0.25, -0.2) is 0 Å². The molecular formula is C18H11ClN2O3S2. The molecule has 1 fully saturated rings. The minimum absolute atomic E-state index is 0.0303. The number of rotatable bonds is 4. The molecule has 1 aliphatic heterocycles. The fourth-order valence-corrected chi connectivity index (χ4v) is 3.73. The first-order valence-electron chi connectivity index (χ1n) is 7.41. The zero-order chi connectivity index (χ0) is 18.7. The maximum atomic E-state index is 12.6. The average Bonchev–Trinajstić information content (AvgIpc) is 2.90. The van der Waals surface area contributed by atoms with E-state index in [0.29, 0.717) is 19.9 Å². The molecule has 2 aromatic rings. The number of amides is 1. The molecule has 26 heavy (non-hydrogen) atoms. The summed E-state index contributed by atoms with van der Waals surface area (Å²) in [5.74, 6) is -0.235. The van der Waals surface area contributed by atoms with Crippen LogP contribution < -0.4 is 4.90 Å². The second-order valence-corrected chi connectivity index (χ2v) is 7.28. The number of carbonyl (C=O) groups excluding carboxylic acids is 1. The Labute approximate surface area is 164 Å². The van der Waals surface area contributed by atoms with E-state index in [1.807, 2.05) is 0 Å². The molecule has 0 atom stereocenters. The molecule has 3 rings (SSSR count). The quantitative estimate of drug-likeness (QED) is 0.304. The number of non-ortho nitro benzene ring substituents is 1. The Hall–Kier alpha value is -2.48. The van der Waals surface area contributed by atoms with Gasteiger partial charge in [0.2, 0.25) is 0 Å². The molecule has 1 amide bonds. The van der Waals surface area contributed by atoms with Crippen LogP contribution in [0.2, 0.25) is 5.02 Å². The van der Waals surface area contributed by atoms with Crippen LogP contribution in [0.4, 0.5) is 11.4 Å². The first-order valence-corrected chi connectivity index (χ1v) is 9.01. The second kappa shape index (κ2) is 7.82. The molecule has 1 saturated heterocycles. The van der Waals surface area contributed by atoms with Crippen molar-refractivity contribution < 1.29 is 9.72 Å². The lowest BCUT2D eigenvalue weighted by atomic mass is 10.2. The van der Waals surface area contributed by atoms with Gasteiger partial charge in [0.25, 0.3) is 11.6 Å². The van der Waals surface area contributed by atoms with Crippen LogP contribution in [0.15, 0.2) is 65.6 Å². The van der Waals surface area contributed by atoms with Crippen LogP contribution in [0.1, 0.15) is 5.56 Å². The summed E-state index contributed by atoms with van der Waals surface area (Å²) >= 11 is 12.7. The van der Waals surface area contributed by atoms with Crippen LogP contribution >= 0.6 is 35.6 Å². The molecule has 1 aliphatic rings. The van der Waals surface area contributed by atoms with Crippen LogP contribution in [0.3, 0.4) is 0 Å². The number of nitro benzene ring substituents is 1. The zero-order valence-electron chi connectivity index (χ0n) is 13.2. The minimum Gasteiger partial charge on any atom is -0.268 e. The van der Waals surface area contributed by atoms with Crippen LogP contribution in [0, 0.1) is 10.1 Å². The lowest BCUT2D eigenvalue weighted by Crippen LogP contribution is -2.27. The Kier molecular flexibility index (Phi) is 5.51. The highest BCUT2D eigenvalue weighted by atomic mass is 35.5. The van der Waals surface area contributed by atoms with E-state index in [9.17, 15) is 14.9 Å². The SMILES string of the molecule is O=C1/C(=C\C=C\c2ccc([N+](=O)[O-])cc2)SC(=S)N1c1ccccc1Cl. The van der Waals surface area contributed by atoms with Crippen molar-refractivity contribution in [2.24, 2.45) is 0 Å². The molecule has 0 spiro atoms. The number of benzene rings is 2. The van der Waals surface area contributed by atoms with Crippen LogP contribution in [-0.2, 0) is 4.79 Å². The van der Waals surface area contributed by atoms with Crippen molar-refractivity contribution in [3.8, 4) is 0 Å². The molecule has 1 heterocycles. The molecule has 130 valence electrons. The van der Waals surface area contributed by atoms with Crippen LogP contribution in [0.25, 0.3) is 6.08 Å². The summed E-state index contributed by atoms with van der Waals surface area (Å²) in [5.41, 5.74) is 1.37. The maximum absolute atomic E-state index is 12.6. The molecule has 0 bridgehead atoms. The number of hydrogen-bond acceptors (Lipinski definition) is 5. The molecule has 2 aromatic carbocycles. The number of allylic oxidation sites excluding steroid dienone is 2. The highest BCUT2D eigenvalue weighted by molar-refractivity contribution is 8.27. The number of thioether (sulfide) groups is 1. The lowest BCUT2D eigenvalue weighted by molar-refractivity contribution is -0.384. The van der Waals surface area contributed by atoms with E-state index in [1.54, 1.807) is 54.6 Å². The largest absolute Gasteiger partial charge is 0.270 e. The van der Waals surface area contributed by atoms with Gasteiger partial charge in [-0.1, -0.05) is 59.9 Å². The van der Waals surface area contributed by atoms with Gasteiger partial charge in [0.05, 0.1) is 20.5 Å². The Balaban J connectivity index is 1.78. The average molecular weight is 403 g/mol. The van der Waals surface area contributed by atoms with Gasteiger partial charge in [-0.15, -0.1) is 0 Å². The van der Waals surface area contributed by atoms with Gasteiger partial charge >= 0.3 is 0 Å². The van der Waals surface area contributed by atoms with Gasteiger partial charge in [-0.3, -0.25) is 19.8 Å². The fourth-order valence-electron chi connectivity index (χ4n) is 2.28. The number of hydrogen-bond donors (Lipinski definition) is 0. The van der Waals surface area contributed by atoms with Crippen molar-refractivity contribution in [2.45, 2.75) is 0 Å². The summed E-state index contributed by atoms with van der Waals surface area (Å²) in [6.45, 7) is 0. The van der Waals surface area contributed by atoms with Crippen molar-refractivity contribution in [1.82, 2.24) is 0 Å². The lowest BCUT2D eigenvalue weighted by Gasteiger charge is -2.15. The Morgan fingerprint density at radius 3 is 2.50 bits per heavy atom. The second-order valence-electron chi connectivity index (χ2n) is 5.20. The maximum Gasteiger partial charge on any atom is 0.270 e. The zero-order valence-corrected chi connectivity index (χ0v) is 15.6. The minimum atomic E-state index is -0.451. The van der Waals surface area contributed by atoms with E-state index in [2.05, 4.69) is 0 Å². The molecule has 5 nitrogen and oxygen atoms in total. The number of nitro groups is 1. The molecule has 8 heteroatoms.